The van der Waals surface area contributed by atoms with Gasteiger partial charge in [0.2, 0.25) is 15.9 Å². The van der Waals surface area contributed by atoms with Crippen molar-refractivity contribution in [3.63, 3.8) is 0 Å². The fourth-order valence-electron chi connectivity index (χ4n) is 3.33. The van der Waals surface area contributed by atoms with E-state index in [4.69, 9.17) is 9.47 Å². The molecule has 3 rings (SSSR count). The topological polar surface area (TPSA) is 76.2 Å². The number of hydrogen-bond acceptors (Lipinski definition) is 5. The van der Waals surface area contributed by atoms with E-state index >= 15 is 0 Å². The Balaban J connectivity index is 1.70. The van der Waals surface area contributed by atoms with Crippen LogP contribution in [0.5, 0.6) is 0 Å². The highest BCUT2D eigenvalue weighted by atomic mass is 32.2. The predicted molar refractivity (Wildman–Crippen MR) is 93.8 cm³/mol. The highest BCUT2D eigenvalue weighted by Gasteiger charge is 2.41. The molecule has 0 aromatic heterocycles. The fourth-order valence-corrected chi connectivity index (χ4v) is 4.24. The van der Waals surface area contributed by atoms with Crippen LogP contribution < -0.4 is 4.31 Å². The van der Waals surface area contributed by atoms with Crippen LogP contribution in [-0.2, 0) is 24.3 Å². The smallest absolute Gasteiger partial charge is 0.243 e. The Hall–Kier alpha value is -1.64. The van der Waals surface area contributed by atoms with Crippen molar-refractivity contribution in [1.29, 1.82) is 0 Å². The summed E-state index contributed by atoms with van der Waals surface area (Å²) >= 11 is 0. The maximum atomic E-state index is 12.7. The van der Waals surface area contributed by atoms with Crippen LogP contribution in [0.2, 0.25) is 0 Å². The van der Waals surface area contributed by atoms with Gasteiger partial charge in [-0.05, 0) is 18.6 Å². The van der Waals surface area contributed by atoms with Gasteiger partial charge < -0.3 is 14.4 Å². The van der Waals surface area contributed by atoms with E-state index in [1.54, 1.807) is 17.0 Å². The van der Waals surface area contributed by atoms with Crippen molar-refractivity contribution in [1.82, 2.24) is 4.90 Å². The fraction of sp³-hybridized carbons (Fsp3) is 0.588. The molecule has 2 fully saturated rings. The molecule has 2 saturated heterocycles. The minimum Gasteiger partial charge on any atom is -0.347 e. The number of amides is 1. The summed E-state index contributed by atoms with van der Waals surface area (Å²) in [5.41, 5.74) is 1.35. The summed E-state index contributed by atoms with van der Waals surface area (Å²) in [5, 5.41) is 0. The lowest BCUT2D eigenvalue weighted by Crippen LogP contribution is -2.50. The van der Waals surface area contributed by atoms with Gasteiger partial charge in [-0.2, -0.15) is 0 Å². The summed E-state index contributed by atoms with van der Waals surface area (Å²) in [6.07, 6.45) is 2.35. The molecule has 7 nitrogen and oxygen atoms in total. The third kappa shape index (κ3) is 3.96. The van der Waals surface area contributed by atoms with Gasteiger partial charge in [-0.1, -0.05) is 18.2 Å². The Morgan fingerprint density at radius 2 is 1.80 bits per heavy atom. The second kappa shape index (κ2) is 6.93. The van der Waals surface area contributed by atoms with Crippen LogP contribution >= 0.6 is 0 Å². The number of aryl methyl sites for hydroxylation is 1. The van der Waals surface area contributed by atoms with Gasteiger partial charge in [-0.25, -0.2) is 8.42 Å². The molecule has 1 spiro atoms. The standard InChI is InChI=1S/C17H24N2O5S/c1-14-5-3-4-6-15(14)19(25(2,21)22)13-16(20)18-9-7-17(8-10-18)23-11-12-24-17/h3-6H,7-13H2,1-2H3. The summed E-state index contributed by atoms with van der Waals surface area (Å²) in [6, 6.07) is 7.16. The maximum Gasteiger partial charge on any atom is 0.243 e. The molecule has 1 aromatic carbocycles. The first-order chi connectivity index (χ1) is 11.8. The number of sulfonamides is 1. The Bertz CT molecular complexity index is 733. The molecule has 2 aliphatic heterocycles. The van der Waals surface area contributed by atoms with Gasteiger partial charge in [-0.3, -0.25) is 9.10 Å². The van der Waals surface area contributed by atoms with Gasteiger partial charge in [-0.15, -0.1) is 0 Å². The van der Waals surface area contributed by atoms with E-state index in [1.165, 1.54) is 4.31 Å². The number of carbonyl (C=O) groups excluding carboxylic acids is 1. The first kappa shape index (κ1) is 18.2. The van der Waals surface area contributed by atoms with Crippen molar-refractivity contribution in [3.05, 3.63) is 29.8 Å². The number of anilines is 1. The Labute approximate surface area is 148 Å². The molecule has 0 radical (unpaired) electrons. The minimum atomic E-state index is -3.56. The second-order valence-corrected chi connectivity index (χ2v) is 8.45. The molecule has 138 valence electrons. The first-order valence-corrected chi connectivity index (χ1v) is 10.2. The molecule has 2 heterocycles. The highest BCUT2D eigenvalue weighted by molar-refractivity contribution is 7.92. The molecule has 0 saturated carbocycles. The van der Waals surface area contributed by atoms with E-state index in [0.29, 0.717) is 44.8 Å². The number of rotatable bonds is 4. The zero-order chi connectivity index (χ0) is 18.1. The van der Waals surface area contributed by atoms with Crippen molar-refractivity contribution in [3.8, 4) is 0 Å². The van der Waals surface area contributed by atoms with Gasteiger partial charge >= 0.3 is 0 Å². The number of hydrogen-bond donors (Lipinski definition) is 0. The van der Waals surface area contributed by atoms with Gasteiger partial charge in [0.1, 0.15) is 6.54 Å². The van der Waals surface area contributed by atoms with Crippen LogP contribution in [0.4, 0.5) is 5.69 Å². The zero-order valence-electron chi connectivity index (χ0n) is 14.6. The van der Waals surface area contributed by atoms with Crippen molar-refractivity contribution < 1.29 is 22.7 Å². The van der Waals surface area contributed by atoms with Crippen molar-refractivity contribution in [2.45, 2.75) is 25.6 Å². The van der Waals surface area contributed by atoms with Crippen LogP contribution in [-0.4, -0.2) is 64.1 Å². The van der Waals surface area contributed by atoms with Gasteiger partial charge in [0.05, 0.1) is 25.2 Å². The van der Waals surface area contributed by atoms with E-state index < -0.39 is 15.8 Å². The number of benzene rings is 1. The molecule has 1 amide bonds. The monoisotopic (exact) mass is 368 g/mol. The first-order valence-electron chi connectivity index (χ1n) is 8.40. The number of piperidine rings is 1. The third-order valence-electron chi connectivity index (χ3n) is 4.75. The maximum absolute atomic E-state index is 12.7. The Morgan fingerprint density at radius 1 is 1.20 bits per heavy atom. The summed E-state index contributed by atoms with van der Waals surface area (Å²) in [5.74, 6) is -0.759. The highest BCUT2D eigenvalue weighted by Crippen LogP contribution is 2.31. The SMILES string of the molecule is Cc1ccccc1N(CC(=O)N1CCC2(CC1)OCCO2)S(C)(=O)=O. The average molecular weight is 368 g/mol. The van der Waals surface area contributed by atoms with Crippen molar-refractivity contribution in [2.24, 2.45) is 0 Å². The number of nitrogens with zero attached hydrogens (tertiary/aromatic N) is 2. The van der Waals surface area contributed by atoms with E-state index in [0.717, 1.165) is 11.8 Å². The number of ether oxygens (including phenoxy) is 2. The average Bonchev–Trinajstić information content (AvgIpc) is 3.01. The lowest BCUT2D eigenvalue weighted by atomic mass is 10.0. The van der Waals surface area contributed by atoms with Crippen molar-refractivity contribution in [2.75, 3.05) is 43.4 Å². The molecular formula is C17H24N2O5S. The van der Waals surface area contributed by atoms with E-state index in [2.05, 4.69) is 0 Å². The Kier molecular flexibility index (Phi) is 5.04. The summed E-state index contributed by atoms with van der Waals surface area (Å²) in [6.45, 7) is 3.82. The van der Waals surface area contributed by atoms with Gasteiger partial charge in [0.15, 0.2) is 5.79 Å². The quantitative estimate of drug-likeness (QED) is 0.796. The summed E-state index contributed by atoms with van der Waals surface area (Å²) in [4.78, 5) is 14.4. The van der Waals surface area contributed by atoms with Crippen LogP contribution in [0.1, 0.15) is 18.4 Å². The number of likely N-dealkylation sites (tertiary alicyclic amines) is 1. The summed E-state index contributed by atoms with van der Waals surface area (Å²) < 4.78 is 36.9. The molecule has 0 unspecified atom stereocenters. The molecule has 8 heteroatoms. The number of carbonyl (C=O) groups is 1. The second-order valence-electron chi connectivity index (χ2n) is 6.54. The van der Waals surface area contributed by atoms with Gasteiger partial charge in [0, 0.05) is 25.9 Å². The molecule has 25 heavy (non-hydrogen) atoms. The minimum absolute atomic E-state index is 0.196. The summed E-state index contributed by atoms with van der Waals surface area (Å²) in [7, 11) is -3.56. The van der Waals surface area contributed by atoms with E-state index in [9.17, 15) is 13.2 Å². The largest absolute Gasteiger partial charge is 0.347 e. The van der Waals surface area contributed by atoms with Gasteiger partial charge in [0.25, 0.3) is 0 Å². The third-order valence-corrected chi connectivity index (χ3v) is 5.88. The van der Waals surface area contributed by atoms with E-state index in [-0.39, 0.29) is 12.5 Å². The van der Waals surface area contributed by atoms with Crippen LogP contribution in [0, 0.1) is 6.92 Å². The van der Waals surface area contributed by atoms with Crippen LogP contribution in [0.15, 0.2) is 24.3 Å². The molecule has 0 bridgehead atoms. The van der Waals surface area contributed by atoms with Crippen LogP contribution in [0.25, 0.3) is 0 Å². The molecular weight excluding hydrogens is 344 g/mol. The molecule has 0 atom stereocenters. The molecule has 2 aliphatic rings. The molecule has 1 aromatic rings. The van der Waals surface area contributed by atoms with Crippen molar-refractivity contribution >= 4 is 21.6 Å². The van der Waals surface area contributed by atoms with E-state index in [1.807, 2.05) is 19.1 Å². The zero-order valence-corrected chi connectivity index (χ0v) is 15.4. The lowest BCUT2D eigenvalue weighted by molar-refractivity contribution is -0.187. The molecule has 0 N–H and O–H groups in total. The molecule has 0 aliphatic carbocycles. The Morgan fingerprint density at radius 3 is 2.36 bits per heavy atom. The normalized spacial score (nSPS) is 20.0. The van der Waals surface area contributed by atoms with Crippen LogP contribution in [0.3, 0.4) is 0 Å². The lowest BCUT2D eigenvalue weighted by Gasteiger charge is -2.38. The predicted octanol–water partition coefficient (Wildman–Crippen LogP) is 1.13. The number of para-hydroxylation sites is 1.